The van der Waals surface area contributed by atoms with E-state index in [0.29, 0.717) is 23.5 Å². The third-order valence-electron chi connectivity index (χ3n) is 5.52. The number of hydrogen-bond donors (Lipinski definition) is 3. The summed E-state index contributed by atoms with van der Waals surface area (Å²) in [5.74, 6) is 0. The number of nitrogens with zero attached hydrogens (tertiary/aromatic N) is 2. The molecule has 1 aliphatic heterocycles. The third kappa shape index (κ3) is 10.1. The molecule has 1 aromatic heterocycles. The lowest BCUT2D eigenvalue weighted by atomic mass is 9.95. The highest BCUT2D eigenvalue weighted by atomic mass is 35.5. The molecule has 192 valence electrons. The number of rotatable bonds is 4. The predicted octanol–water partition coefficient (Wildman–Crippen LogP) is 6.19. The molecule has 0 amide bonds. The largest absolute Gasteiger partial charge is 0.399 e. The first-order valence-corrected chi connectivity index (χ1v) is 12.8. The highest BCUT2D eigenvalue weighted by molar-refractivity contribution is 6.33. The van der Waals surface area contributed by atoms with Crippen molar-refractivity contribution in [3.05, 3.63) is 88.5 Å². The number of benzene rings is 1. The number of aromatic amines is 1. The van der Waals surface area contributed by atoms with Gasteiger partial charge in [-0.15, -0.1) is 6.58 Å². The first-order valence-electron chi connectivity index (χ1n) is 12.4. The molecule has 1 unspecified atom stereocenters. The maximum absolute atomic E-state index is 11.5. The van der Waals surface area contributed by atoms with Crippen molar-refractivity contribution >= 4 is 23.0 Å². The van der Waals surface area contributed by atoms with Gasteiger partial charge in [-0.3, -0.25) is 4.79 Å². The lowest BCUT2D eigenvalue weighted by molar-refractivity contribution is 0.359. The Morgan fingerprint density at radius 1 is 1.26 bits per heavy atom. The molecule has 4 rings (SSSR count). The Balaban J connectivity index is 0.000000343. The van der Waals surface area contributed by atoms with Crippen LogP contribution in [-0.2, 0) is 0 Å². The second-order valence-corrected chi connectivity index (χ2v) is 8.63. The maximum atomic E-state index is 11.5. The Morgan fingerprint density at radius 3 is 2.46 bits per heavy atom. The van der Waals surface area contributed by atoms with Crippen LogP contribution in [-0.4, -0.2) is 28.8 Å². The second-order valence-electron chi connectivity index (χ2n) is 8.25. The second kappa shape index (κ2) is 16.7. The minimum Gasteiger partial charge on any atom is -0.399 e. The molecular formula is C28H42ClN5O. The molecule has 1 aliphatic carbocycles. The number of nitrogens with one attached hydrogen (secondary N) is 2. The Kier molecular flexibility index (Phi) is 14.4. The zero-order valence-electron chi connectivity index (χ0n) is 21.7. The van der Waals surface area contributed by atoms with E-state index in [1.807, 2.05) is 63.1 Å². The van der Waals surface area contributed by atoms with Crippen LogP contribution in [0.15, 0.2) is 66.8 Å². The van der Waals surface area contributed by atoms with Gasteiger partial charge in [-0.05, 0) is 43.9 Å². The van der Waals surface area contributed by atoms with Crippen LogP contribution in [0.2, 0.25) is 5.02 Å². The number of aryl methyl sites for hydroxylation is 1. The smallest absolute Gasteiger partial charge is 0.285 e. The van der Waals surface area contributed by atoms with Crippen LogP contribution in [0.5, 0.6) is 0 Å². The minimum absolute atomic E-state index is 0.197. The first-order chi connectivity index (χ1) is 16.9. The summed E-state index contributed by atoms with van der Waals surface area (Å²) in [6.07, 6.45) is 14.0. The monoisotopic (exact) mass is 499 g/mol. The van der Waals surface area contributed by atoms with Gasteiger partial charge < -0.3 is 16.0 Å². The molecule has 0 radical (unpaired) electrons. The highest BCUT2D eigenvalue weighted by Gasteiger charge is 2.23. The number of nitrogens with two attached hydrogens (primary N) is 1. The van der Waals surface area contributed by atoms with E-state index in [1.54, 1.807) is 12.3 Å². The van der Waals surface area contributed by atoms with E-state index < -0.39 is 0 Å². The Morgan fingerprint density at radius 2 is 1.89 bits per heavy atom. The van der Waals surface area contributed by atoms with Crippen LogP contribution >= 0.6 is 11.6 Å². The van der Waals surface area contributed by atoms with Crippen LogP contribution in [0.25, 0.3) is 5.70 Å². The minimum atomic E-state index is -0.346. The van der Waals surface area contributed by atoms with Gasteiger partial charge in [0.05, 0.1) is 11.9 Å². The zero-order valence-corrected chi connectivity index (χ0v) is 22.4. The molecule has 4 N–H and O–H groups in total. The van der Waals surface area contributed by atoms with Gasteiger partial charge in [0.15, 0.2) is 0 Å². The molecule has 2 aromatic rings. The first kappa shape index (κ1) is 30.2. The molecule has 2 aliphatic rings. The summed E-state index contributed by atoms with van der Waals surface area (Å²) in [6.45, 7) is 15.7. The molecular weight excluding hydrogens is 458 g/mol. The number of H-pyrrole nitrogens is 1. The van der Waals surface area contributed by atoms with E-state index in [4.69, 9.17) is 17.3 Å². The third-order valence-corrected chi connectivity index (χ3v) is 5.89. The van der Waals surface area contributed by atoms with Crippen molar-refractivity contribution in [1.82, 2.24) is 15.5 Å². The molecule has 2 heterocycles. The van der Waals surface area contributed by atoms with Gasteiger partial charge in [0.25, 0.3) is 5.56 Å². The fourth-order valence-corrected chi connectivity index (χ4v) is 4.11. The molecule has 1 saturated carbocycles. The topological polar surface area (TPSA) is 87.0 Å². The maximum Gasteiger partial charge on any atom is 0.285 e. The van der Waals surface area contributed by atoms with Crippen molar-refractivity contribution < 1.29 is 0 Å². The Labute approximate surface area is 216 Å². The SMILES string of the molecule is C=C(N)c1ccccc1C.C=CC.CC.O=c1[nH]ncc(N2C=CC(NC3CCCCC3)C2)c1Cl. The summed E-state index contributed by atoms with van der Waals surface area (Å²) in [6, 6.07) is 8.87. The number of halogens is 1. The average Bonchev–Trinajstić information content (AvgIpc) is 3.32. The molecule has 0 bridgehead atoms. The number of anilines is 1. The van der Waals surface area contributed by atoms with E-state index in [-0.39, 0.29) is 10.6 Å². The van der Waals surface area contributed by atoms with Crippen LogP contribution in [0, 0.1) is 6.92 Å². The normalized spacial score (nSPS) is 16.6. The van der Waals surface area contributed by atoms with Crippen LogP contribution < -0.4 is 21.5 Å². The number of hydrogen-bond acceptors (Lipinski definition) is 5. The molecule has 0 spiro atoms. The van der Waals surface area contributed by atoms with E-state index in [0.717, 1.165) is 12.1 Å². The number of aromatic nitrogens is 2. The van der Waals surface area contributed by atoms with Crippen LogP contribution in [0.1, 0.15) is 64.0 Å². The molecule has 1 fully saturated rings. The van der Waals surface area contributed by atoms with E-state index in [2.05, 4.69) is 34.7 Å². The highest BCUT2D eigenvalue weighted by Crippen LogP contribution is 2.25. The van der Waals surface area contributed by atoms with Gasteiger partial charge in [-0.2, -0.15) is 5.10 Å². The van der Waals surface area contributed by atoms with Gasteiger partial charge in [-0.1, -0.05) is 81.6 Å². The summed E-state index contributed by atoms with van der Waals surface area (Å²) < 4.78 is 0. The van der Waals surface area contributed by atoms with Crippen molar-refractivity contribution in [2.24, 2.45) is 5.73 Å². The number of allylic oxidation sites excluding steroid dienone is 1. The van der Waals surface area contributed by atoms with Gasteiger partial charge >= 0.3 is 0 Å². The van der Waals surface area contributed by atoms with Gasteiger partial charge in [0.1, 0.15) is 5.02 Å². The Hall–Kier alpha value is -2.83. The van der Waals surface area contributed by atoms with E-state index in [9.17, 15) is 4.79 Å². The van der Waals surface area contributed by atoms with Gasteiger partial charge in [0.2, 0.25) is 0 Å². The lowest BCUT2D eigenvalue weighted by Crippen LogP contribution is -2.41. The summed E-state index contributed by atoms with van der Waals surface area (Å²) in [7, 11) is 0. The predicted molar refractivity (Wildman–Crippen MR) is 152 cm³/mol. The zero-order chi connectivity index (χ0) is 26.2. The van der Waals surface area contributed by atoms with Crippen molar-refractivity contribution in [3.63, 3.8) is 0 Å². The fourth-order valence-electron chi connectivity index (χ4n) is 3.91. The summed E-state index contributed by atoms with van der Waals surface area (Å²) in [4.78, 5) is 13.5. The molecule has 6 nitrogen and oxygen atoms in total. The summed E-state index contributed by atoms with van der Waals surface area (Å²) in [5.41, 5.74) is 8.70. The van der Waals surface area contributed by atoms with Crippen molar-refractivity contribution in [2.45, 2.75) is 71.9 Å². The van der Waals surface area contributed by atoms with Crippen LogP contribution in [0.4, 0.5) is 5.69 Å². The quantitative estimate of drug-likeness (QED) is 0.436. The summed E-state index contributed by atoms with van der Waals surface area (Å²) in [5, 5.41) is 10.0. The Bertz CT molecular complexity index is 995. The molecule has 1 aromatic carbocycles. The van der Waals surface area contributed by atoms with Gasteiger partial charge in [0, 0.05) is 30.5 Å². The van der Waals surface area contributed by atoms with Crippen molar-refractivity contribution in [3.8, 4) is 0 Å². The molecule has 1 atom stereocenters. The standard InChI is InChI=1S/C14H19ClN4O.C9H11N.C3H6.C2H6/c15-13-12(8-16-18-14(13)20)19-7-6-11(9-19)17-10-4-2-1-3-5-10;1-7-5-3-4-6-9(7)8(2)10;1-3-2;1-2/h6-8,10-11,17H,1-5,9H2,(H,18,20);3-6H,2,10H2,1H3;3H,1H2,2H3;1-2H3. The van der Waals surface area contributed by atoms with E-state index >= 15 is 0 Å². The fraction of sp³-hybridized carbons (Fsp3) is 0.429. The summed E-state index contributed by atoms with van der Waals surface area (Å²) >= 11 is 6.03. The van der Waals surface area contributed by atoms with Gasteiger partial charge in [-0.25, -0.2) is 5.10 Å². The van der Waals surface area contributed by atoms with Crippen molar-refractivity contribution in [1.29, 1.82) is 0 Å². The van der Waals surface area contributed by atoms with Crippen LogP contribution in [0.3, 0.4) is 0 Å². The molecule has 0 saturated heterocycles. The molecule has 35 heavy (non-hydrogen) atoms. The molecule has 7 heteroatoms. The lowest BCUT2D eigenvalue weighted by Gasteiger charge is -2.26. The average molecular weight is 500 g/mol. The van der Waals surface area contributed by atoms with Crippen molar-refractivity contribution in [2.75, 3.05) is 11.4 Å². The van der Waals surface area contributed by atoms with E-state index in [1.165, 1.54) is 37.7 Å².